The lowest BCUT2D eigenvalue weighted by Gasteiger charge is -2.09. The van der Waals surface area contributed by atoms with Crippen LogP contribution in [0.5, 0.6) is 5.75 Å². The molecular formula is C14H12ClNO2. The van der Waals surface area contributed by atoms with Crippen LogP contribution < -0.4 is 10.1 Å². The summed E-state index contributed by atoms with van der Waals surface area (Å²) in [6, 6.07) is 14.0. The molecule has 0 unspecified atom stereocenters. The van der Waals surface area contributed by atoms with Crippen LogP contribution in [0.3, 0.4) is 0 Å². The fraction of sp³-hybridized carbons (Fsp3) is 0.0714. The molecule has 0 aromatic heterocycles. The van der Waals surface area contributed by atoms with E-state index in [1.807, 2.05) is 6.07 Å². The predicted octanol–water partition coefficient (Wildman–Crippen LogP) is 3.60. The van der Waals surface area contributed by atoms with Crippen molar-refractivity contribution in [3.63, 3.8) is 0 Å². The molecule has 3 nitrogen and oxygen atoms in total. The zero-order chi connectivity index (χ0) is 13.0. The standard InChI is InChI=1S/C14H12ClNO2/c1-18-13-5-3-2-4-12(13)14(17)16-11-8-6-10(15)7-9-11/h2-9H,1H3,(H,16,17). The molecule has 0 atom stereocenters. The third-order valence-corrected chi connectivity index (χ3v) is 2.71. The second-order valence-corrected chi connectivity index (χ2v) is 4.10. The summed E-state index contributed by atoms with van der Waals surface area (Å²) in [5, 5.41) is 3.41. The average molecular weight is 262 g/mol. The number of anilines is 1. The van der Waals surface area contributed by atoms with E-state index >= 15 is 0 Å². The van der Waals surface area contributed by atoms with E-state index in [9.17, 15) is 4.79 Å². The minimum Gasteiger partial charge on any atom is -0.496 e. The zero-order valence-electron chi connectivity index (χ0n) is 9.81. The van der Waals surface area contributed by atoms with Gasteiger partial charge < -0.3 is 10.1 Å². The summed E-state index contributed by atoms with van der Waals surface area (Å²) in [4.78, 5) is 12.1. The highest BCUT2D eigenvalue weighted by Gasteiger charge is 2.11. The van der Waals surface area contributed by atoms with Gasteiger partial charge in [0.1, 0.15) is 5.75 Å². The van der Waals surface area contributed by atoms with Gasteiger partial charge in [0.05, 0.1) is 12.7 Å². The summed E-state index contributed by atoms with van der Waals surface area (Å²) in [5.41, 5.74) is 1.19. The predicted molar refractivity (Wildman–Crippen MR) is 72.4 cm³/mol. The van der Waals surface area contributed by atoms with E-state index in [4.69, 9.17) is 16.3 Å². The van der Waals surface area contributed by atoms with Crippen LogP contribution in [0.2, 0.25) is 5.02 Å². The van der Waals surface area contributed by atoms with Gasteiger partial charge in [-0.1, -0.05) is 23.7 Å². The number of para-hydroxylation sites is 1. The highest BCUT2D eigenvalue weighted by atomic mass is 35.5. The van der Waals surface area contributed by atoms with Crippen molar-refractivity contribution < 1.29 is 9.53 Å². The van der Waals surface area contributed by atoms with E-state index < -0.39 is 0 Å². The molecule has 0 aliphatic rings. The van der Waals surface area contributed by atoms with Crippen molar-refractivity contribution in [2.75, 3.05) is 12.4 Å². The van der Waals surface area contributed by atoms with Gasteiger partial charge in [-0.05, 0) is 36.4 Å². The normalized spacial score (nSPS) is 9.89. The van der Waals surface area contributed by atoms with Crippen LogP contribution in [0.15, 0.2) is 48.5 Å². The van der Waals surface area contributed by atoms with E-state index in [1.165, 1.54) is 7.11 Å². The Morgan fingerprint density at radius 2 is 1.78 bits per heavy atom. The van der Waals surface area contributed by atoms with Gasteiger partial charge in [0.25, 0.3) is 5.91 Å². The first-order valence-corrected chi connectivity index (χ1v) is 5.78. The quantitative estimate of drug-likeness (QED) is 0.917. The van der Waals surface area contributed by atoms with Gasteiger partial charge in [-0.2, -0.15) is 0 Å². The number of halogens is 1. The molecule has 0 spiro atoms. The van der Waals surface area contributed by atoms with Crippen LogP contribution in [0.1, 0.15) is 10.4 Å². The summed E-state index contributed by atoms with van der Waals surface area (Å²) in [6.07, 6.45) is 0. The van der Waals surface area contributed by atoms with Crippen molar-refractivity contribution >= 4 is 23.2 Å². The molecule has 0 fully saturated rings. The van der Waals surface area contributed by atoms with E-state index in [1.54, 1.807) is 42.5 Å². The lowest BCUT2D eigenvalue weighted by molar-refractivity contribution is 0.102. The fourth-order valence-electron chi connectivity index (χ4n) is 1.56. The number of carbonyl (C=O) groups is 1. The van der Waals surface area contributed by atoms with E-state index in [-0.39, 0.29) is 5.91 Å². The topological polar surface area (TPSA) is 38.3 Å². The number of hydrogen-bond acceptors (Lipinski definition) is 2. The van der Waals surface area contributed by atoms with Gasteiger partial charge in [-0.15, -0.1) is 0 Å². The molecule has 2 aromatic carbocycles. The van der Waals surface area contributed by atoms with Crippen LogP contribution in [-0.4, -0.2) is 13.0 Å². The fourth-order valence-corrected chi connectivity index (χ4v) is 1.69. The maximum absolute atomic E-state index is 12.1. The molecule has 0 saturated heterocycles. The molecule has 0 aliphatic heterocycles. The molecule has 0 aliphatic carbocycles. The first kappa shape index (κ1) is 12.5. The van der Waals surface area contributed by atoms with Gasteiger partial charge in [0.2, 0.25) is 0 Å². The maximum atomic E-state index is 12.1. The van der Waals surface area contributed by atoms with Gasteiger partial charge >= 0.3 is 0 Å². The van der Waals surface area contributed by atoms with Crippen molar-refractivity contribution in [1.29, 1.82) is 0 Å². The molecule has 18 heavy (non-hydrogen) atoms. The van der Waals surface area contributed by atoms with Crippen LogP contribution in [-0.2, 0) is 0 Å². The summed E-state index contributed by atoms with van der Waals surface area (Å²) < 4.78 is 5.14. The lowest BCUT2D eigenvalue weighted by Crippen LogP contribution is -2.12. The Hall–Kier alpha value is -2.00. The average Bonchev–Trinajstić information content (AvgIpc) is 2.41. The number of methoxy groups -OCH3 is 1. The Kier molecular flexibility index (Phi) is 3.85. The summed E-state index contributed by atoms with van der Waals surface area (Å²) in [7, 11) is 1.54. The summed E-state index contributed by atoms with van der Waals surface area (Å²) in [5.74, 6) is 0.332. The minimum absolute atomic E-state index is 0.213. The van der Waals surface area contributed by atoms with E-state index in [0.29, 0.717) is 22.0 Å². The first-order valence-electron chi connectivity index (χ1n) is 5.40. The van der Waals surface area contributed by atoms with Gasteiger partial charge in [0, 0.05) is 10.7 Å². The molecule has 2 rings (SSSR count). The molecule has 4 heteroatoms. The largest absolute Gasteiger partial charge is 0.496 e. The lowest BCUT2D eigenvalue weighted by atomic mass is 10.2. The van der Waals surface area contributed by atoms with Gasteiger partial charge in [-0.3, -0.25) is 4.79 Å². The van der Waals surface area contributed by atoms with Gasteiger partial charge in [0.15, 0.2) is 0 Å². The minimum atomic E-state index is -0.213. The number of rotatable bonds is 3. The van der Waals surface area contributed by atoms with Crippen molar-refractivity contribution in [3.8, 4) is 5.75 Å². The second kappa shape index (κ2) is 5.56. The van der Waals surface area contributed by atoms with Crippen LogP contribution in [0.4, 0.5) is 5.69 Å². The highest BCUT2D eigenvalue weighted by Crippen LogP contribution is 2.20. The van der Waals surface area contributed by atoms with E-state index in [0.717, 1.165) is 0 Å². The second-order valence-electron chi connectivity index (χ2n) is 3.66. The van der Waals surface area contributed by atoms with Crippen molar-refractivity contribution in [2.45, 2.75) is 0 Å². The Bertz CT molecular complexity index is 552. The smallest absolute Gasteiger partial charge is 0.259 e. The summed E-state index contributed by atoms with van der Waals surface area (Å²) >= 11 is 5.78. The molecule has 92 valence electrons. The maximum Gasteiger partial charge on any atom is 0.259 e. The number of nitrogens with one attached hydrogen (secondary N) is 1. The molecule has 2 aromatic rings. The number of carbonyl (C=O) groups excluding carboxylic acids is 1. The monoisotopic (exact) mass is 261 g/mol. The molecule has 0 radical (unpaired) electrons. The Morgan fingerprint density at radius 1 is 1.11 bits per heavy atom. The van der Waals surface area contributed by atoms with Crippen molar-refractivity contribution in [3.05, 3.63) is 59.1 Å². The van der Waals surface area contributed by atoms with Crippen molar-refractivity contribution in [2.24, 2.45) is 0 Å². The van der Waals surface area contributed by atoms with Gasteiger partial charge in [-0.25, -0.2) is 0 Å². The van der Waals surface area contributed by atoms with E-state index in [2.05, 4.69) is 5.32 Å². The molecule has 0 saturated carbocycles. The van der Waals surface area contributed by atoms with Crippen LogP contribution in [0.25, 0.3) is 0 Å². The third kappa shape index (κ3) is 2.81. The SMILES string of the molecule is COc1ccccc1C(=O)Nc1ccc(Cl)cc1. The number of ether oxygens (including phenoxy) is 1. The Labute approximate surface area is 110 Å². The number of amides is 1. The third-order valence-electron chi connectivity index (χ3n) is 2.45. The first-order chi connectivity index (χ1) is 8.70. The molecule has 1 N–H and O–H groups in total. The Morgan fingerprint density at radius 3 is 2.44 bits per heavy atom. The summed E-state index contributed by atoms with van der Waals surface area (Å²) in [6.45, 7) is 0. The molecular weight excluding hydrogens is 250 g/mol. The highest BCUT2D eigenvalue weighted by molar-refractivity contribution is 6.30. The number of benzene rings is 2. The number of hydrogen-bond donors (Lipinski definition) is 1. The van der Waals surface area contributed by atoms with Crippen molar-refractivity contribution in [1.82, 2.24) is 0 Å². The zero-order valence-corrected chi connectivity index (χ0v) is 10.6. The van der Waals surface area contributed by atoms with Crippen LogP contribution >= 0.6 is 11.6 Å². The molecule has 1 amide bonds. The molecule has 0 heterocycles. The van der Waals surface area contributed by atoms with Crippen LogP contribution in [0, 0.1) is 0 Å². The molecule has 0 bridgehead atoms. The Balaban J connectivity index is 2.19.